The minimum absolute atomic E-state index is 0.0265. The highest BCUT2D eigenvalue weighted by Gasteiger charge is 2.54. The Kier molecular flexibility index (Phi) is 6.15. The third-order valence-electron chi connectivity index (χ3n) is 5.37. The zero-order valence-corrected chi connectivity index (χ0v) is 16.6. The first kappa shape index (κ1) is 21.8. The van der Waals surface area contributed by atoms with Crippen LogP contribution in [0.5, 0.6) is 0 Å². The molecule has 0 unspecified atom stereocenters. The van der Waals surface area contributed by atoms with Gasteiger partial charge in [-0.1, -0.05) is 12.7 Å². The fraction of sp³-hybridized carbons (Fsp3) is 0.550. The summed E-state index contributed by atoms with van der Waals surface area (Å²) >= 11 is 0. The van der Waals surface area contributed by atoms with Crippen molar-refractivity contribution >= 4 is 17.9 Å². The van der Waals surface area contributed by atoms with Crippen LogP contribution < -0.4 is 0 Å². The van der Waals surface area contributed by atoms with E-state index in [-0.39, 0.29) is 16.7 Å². The quantitative estimate of drug-likeness (QED) is 0.404. The van der Waals surface area contributed by atoms with Gasteiger partial charge in [0.05, 0.1) is 5.92 Å². The van der Waals surface area contributed by atoms with Crippen molar-refractivity contribution in [2.24, 2.45) is 5.92 Å². The number of aliphatic hydroxyl groups is 2. The molecule has 28 heavy (non-hydrogen) atoms. The van der Waals surface area contributed by atoms with Crippen molar-refractivity contribution < 1.29 is 38.8 Å². The molecule has 0 aliphatic carbocycles. The van der Waals surface area contributed by atoms with Crippen molar-refractivity contribution in [3.8, 4) is 0 Å². The van der Waals surface area contributed by atoms with E-state index < -0.39 is 53.8 Å². The van der Waals surface area contributed by atoms with E-state index in [2.05, 4.69) is 6.58 Å². The second-order valence-electron chi connectivity index (χ2n) is 7.33. The molecule has 0 spiro atoms. The van der Waals surface area contributed by atoms with E-state index >= 15 is 0 Å². The average molecular weight is 394 g/mol. The van der Waals surface area contributed by atoms with Gasteiger partial charge >= 0.3 is 17.9 Å². The van der Waals surface area contributed by atoms with Crippen molar-refractivity contribution in [3.63, 3.8) is 0 Å². The molecule has 2 aliphatic heterocycles. The third kappa shape index (κ3) is 3.88. The molecule has 0 amide bonds. The Morgan fingerprint density at radius 3 is 2.50 bits per heavy atom. The second-order valence-corrected chi connectivity index (χ2v) is 7.33. The van der Waals surface area contributed by atoms with Crippen molar-refractivity contribution in [2.75, 3.05) is 0 Å². The first-order valence-electron chi connectivity index (χ1n) is 8.95. The van der Waals surface area contributed by atoms with Crippen LogP contribution in [-0.2, 0) is 28.6 Å². The molecule has 0 radical (unpaired) electrons. The number of aliphatic hydroxyl groups excluding tert-OH is 1. The van der Waals surface area contributed by atoms with Crippen LogP contribution in [0.3, 0.4) is 0 Å². The monoisotopic (exact) mass is 394 g/mol. The lowest BCUT2D eigenvalue weighted by Gasteiger charge is -2.40. The summed E-state index contributed by atoms with van der Waals surface area (Å²) in [5.41, 5.74) is -1.59. The number of hydrogen-bond donors (Lipinski definition) is 2. The zero-order chi connectivity index (χ0) is 21.4. The van der Waals surface area contributed by atoms with Gasteiger partial charge in [-0.05, 0) is 40.7 Å². The lowest BCUT2D eigenvalue weighted by molar-refractivity contribution is -0.201. The first-order chi connectivity index (χ1) is 12.9. The fourth-order valence-electron chi connectivity index (χ4n) is 3.06. The average Bonchev–Trinajstić information content (AvgIpc) is 2.90. The molecule has 0 aromatic heterocycles. The maximum absolute atomic E-state index is 12.4. The van der Waals surface area contributed by atoms with Gasteiger partial charge < -0.3 is 24.4 Å². The minimum atomic E-state index is -1.99. The van der Waals surface area contributed by atoms with Crippen LogP contribution in [-0.4, -0.2) is 58.1 Å². The molecule has 0 aromatic carbocycles. The summed E-state index contributed by atoms with van der Waals surface area (Å²) in [6, 6.07) is 0. The number of carbonyl (C=O) groups excluding carboxylic acids is 3. The smallest absolute Gasteiger partial charge is 0.334 e. The SMILES string of the molecule is C=C1C(=O)O[C@@H]2/C=C(/C)C(=O)O[C@H](C)[C@@](C)(O)[C@@H](O)[C@@H](OC(=O)/C(C)=C\C)[C@@H]12. The lowest BCUT2D eigenvalue weighted by Crippen LogP contribution is -2.58. The number of allylic oxidation sites excluding steroid dienone is 1. The number of cyclic esters (lactones) is 1. The number of carbonyl (C=O) groups is 3. The summed E-state index contributed by atoms with van der Waals surface area (Å²) in [7, 11) is 0. The summed E-state index contributed by atoms with van der Waals surface area (Å²) in [5, 5.41) is 21.8. The molecule has 2 heterocycles. The van der Waals surface area contributed by atoms with Crippen LogP contribution in [0.25, 0.3) is 0 Å². The van der Waals surface area contributed by atoms with Gasteiger partial charge in [0, 0.05) is 16.7 Å². The molecule has 8 nitrogen and oxygen atoms in total. The van der Waals surface area contributed by atoms with Gasteiger partial charge in [-0.3, -0.25) is 0 Å². The number of rotatable bonds is 2. The first-order valence-corrected chi connectivity index (χ1v) is 8.95. The van der Waals surface area contributed by atoms with E-state index in [1.807, 2.05) is 0 Å². The predicted octanol–water partition coefficient (Wildman–Crippen LogP) is 0.966. The number of hydrogen-bond acceptors (Lipinski definition) is 8. The highest BCUT2D eigenvalue weighted by atomic mass is 16.6. The maximum atomic E-state index is 12.4. The normalized spacial score (nSPS) is 38.7. The summed E-state index contributed by atoms with van der Waals surface area (Å²) in [4.78, 5) is 36.7. The summed E-state index contributed by atoms with van der Waals surface area (Å²) in [5.74, 6) is -3.19. The van der Waals surface area contributed by atoms with Gasteiger partial charge in [0.1, 0.15) is 30.0 Å². The standard InChI is InChI=1S/C20H26O8/c1-7-9(2)17(22)28-15-14-11(4)19(24)27-13(14)8-10(3)18(23)26-12(5)20(6,25)16(15)21/h7-8,12-16,21,25H,4H2,1-3,5-6H3/b9-7-,10-8-/t12-,13-,14+,15+,16+,20-/m1/s1. The summed E-state index contributed by atoms with van der Waals surface area (Å²) < 4.78 is 16.0. The molecule has 2 rings (SSSR count). The van der Waals surface area contributed by atoms with E-state index in [1.54, 1.807) is 6.92 Å². The Bertz CT molecular complexity index is 760. The van der Waals surface area contributed by atoms with Gasteiger partial charge in [0.25, 0.3) is 0 Å². The highest BCUT2D eigenvalue weighted by molar-refractivity contribution is 5.93. The number of esters is 3. The Labute approximate surface area is 163 Å². The number of ether oxygens (including phenoxy) is 3. The maximum Gasteiger partial charge on any atom is 0.334 e. The lowest BCUT2D eigenvalue weighted by atomic mass is 9.79. The van der Waals surface area contributed by atoms with Crippen molar-refractivity contribution in [1.29, 1.82) is 0 Å². The Morgan fingerprint density at radius 1 is 1.32 bits per heavy atom. The molecule has 1 fully saturated rings. The number of fused-ring (bicyclic) bond motifs is 1. The van der Waals surface area contributed by atoms with Crippen LogP contribution in [0.1, 0.15) is 34.6 Å². The molecule has 0 bridgehead atoms. The van der Waals surface area contributed by atoms with E-state index in [4.69, 9.17) is 14.2 Å². The molecule has 0 saturated carbocycles. The summed E-state index contributed by atoms with van der Waals surface area (Å²) in [6.07, 6.45) is -2.32. The molecule has 1 saturated heterocycles. The van der Waals surface area contributed by atoms with E-state index in [9.17, 15) is 24.6 Å². The van der Waals surface area contributed by atoms with Gasteiger partial charge in [-0.2, -0.15) is 0 Å². The Balaban J connectivity index is 2.61. The largest absolute Gasteiger partial charge is 0.456 e. The van der Waals surface area contributed by atoms with Gasteiger partial charge in [-0.25, -0.2) is 14.4 Å². The third-order valence-corrected chi connectivity index (χ3v) is 5.37. The van der Waals surface area contributed by atoms with Crippen LogP contribution >= 0.6 is 0 Å². The highest BCUT2D eigenvalue weighted by Crippen LogP contribution is 2.38. The molecule has 2 N–H and O–H groups in total. The molecule has 2 aliphatic rings. The van der Waals surface area contributed by atoms with Crippen molar-refractivity contribution in [2.45, 2.75) is 64.6 Å². The summed E-state index contributed by atoms with van der Waals surface area (Å²) in [6.45, 7) is 11.0. The van der Waals surface area contributed by atoms with Crippen molar-refractivity contribution in [3.05, 3.63) is 35.5 Å². The van der Waals surface area contributed by atoms with E-state index in [0.717, 1.165) is 0 Å². The predicted molar refractivity (Wildman–Crippen MR) is 97.8 cm³/mol. The van der Waals surface area contributed by atoms with Crippen LogP contribution in [0.2, 0.25) is 0 Å². The van der Waals surface area contributed by atoms with E-state index in [1.165, 1.54) is 39.8 Å². The van der Waals surface area contributed by atoms with Gasteiger partial charge in [-0.15, -0.1) is 0 Å². The molecule has 6 atom stereocenters. The molecular weight excluding hydrogens is 368 g/mol. The molecule has 0 aromatic rings. The topological polar surface area (TPSA) is 119 Å². The van der Waals surface area contributed by atoms with Crippen LogP contribution in [0.4, 0.5) is 0 Å². The second kappa shape index (κ2) is 7.89. The Hall–Kier alpha value is -2.45. The van der Waals surface area contributed by atoms with Crippen LogP contribution in [0, 0.1) is 5.92 Å². The van der Waals surface area contributed by atoms with Crippen molar-refractivity contribution in [1.82, 2.24) is 0 Å². The zero-order valence-electron chi connectivity index (χ0n) is 16.6. The van der Waals surface area contributed by atoms with Crippen LogP contribution in [0.15, 0.2) is 35.5 Å². The molecule has 8 heteroatoms. The molecule has 154 valence electrons. The minimum Gasteiger partial charge on any atom is -0.456 e. The van der Waals surface area contributed by atoms with E-state index in [0.29, 0.717) is 0 Å². The van der Waals surface area contributed by atoms with Gasteiger partial charge in [0.2, 0.25) is 0 Å². The Morgan fingerprint density at radius 2 is 1.93 bits per heavy atom. The van der Waals surface area contributed by atoms with Gasteiger partial charge in [0.15, 0.2) is 0 Å². The molecular formula is C20H26O8. The fourth-order valence-corrected chi connectivity index (χ4v) is 3.06.